The van der Waals surface area contributed by atoms with Gasteiger partial charge in [0, 0.05) is 0 Å². The lowest BCUT2D eigenvalue weighted by Gasteiger charge is -2.09. The second-order valence-corrected chi connectivity index (χ2v) is 5.66. The molecule has 0 bridgehead atoms. The minimum atomic E-state index is -1.42. The molecule has 3 aromatic carbocycles. The molecule has 22 heavy (non-hydrogen) atoms. The molecule has 0 amide bonds. The lowest BCUT2D eigenvalue weighted by molar-refractivity contribution is 0.426. The van der Waals surface area contributed by atoms with Gasteiger partial charge in [-0.1, -0.05) is 66.7 Å². The van der Waals surface area contributed by atoms with Gasteiger partial charge in [-0.05, 0) is 45.3 Å². The molecule has 3 heteroatoms. The summed E-state index contributed by atoms with van der Waals surface area (Å²) in [4.78, 5) is 0. The van der Waals surface area contributed by atoms with Crippen molar-refractivity contribution in [3.63, 3.8) is 0 Å². The summed E-state index contributed by atoms with van der Waals surface area (Å²) in [5, 5.41) is 18.4. The number of rotatable bonds is 2. The molecule has 0 radical (unpaired) electrons. The van der Waals surface area contributed by atoms with Crippen LogP contribution in [0.3, 0.4) is 0 Å². The maximum absolute atomic E-state index is 9.21. The van der Waals surface area contributed by atoms with E-state index in [2.05, 4.69) is 42.5 Å². The van der Waals surface area contributed by atoms with E-state index in [0.29, 0.717) is 5.46 Å². The third-order valence-electron chi connectivity index (χ3n) is 4.37. The Morgan fingerprint density at radius 2 is 1.36 bits per heavy atom. The first kappa shape index (κ1) is 13.3. The summed E-state index contributed by atoms with van der Waals surface area (Å²) in [5.41, 5.74) is 8.18. The van der Waals surface area contributed by atoms with E-state index in [9.17, 15) is 10.0 Å². The van der Waals surface area contributed by atoms with Crippen LogP contribution in [0, 0.1) is 0 Å². The highest BCUT2D eigenvalue weighted by Crippen LogP contribution is 2.41. The summed E-state index contributed by atoms with van der Waals surface area (Å²) in [5.74, 6) is 0. The number of hydrogen-bond acceptors (Lipinski definition) is 2. The van der Waals surface area contributed by atoms with E-state index in [0.717, 1.165) is 12.0 Å². The number of hydrogen-bond donors (Lipinski definition) is 2. The summed E-state index contributed by atoms with van der Waals surface area (Å²) in [6.07, 6.45) is 0.950. The molecule has 3 aromatic rings. The van der Waals surface area contributed by atoms with Gasteiger partial charge in [0.2, 0.25) is 0 Å². The van der Waals surface area contributed by atoms with Crippen LogP contribution in [0.4, 0.5) is 0 Å². The standard InChI is InChI=1S/C19H15BO2/c21-20(22)15-10-8-13(9-11-15)16-6-3-7-18-17-5-2-1-4-14(17)12-19(16)18/h1-11,21-22H,12H2. The Bertz CT molecular complexity index is 838. The zero-order chi connectivity index (χ0) is 15.1. The van der Waals surface area contributed by atoms with Crippen LogP contribution < -0.4 is 5.46 Å². The fourth-order valence-electron chi connectivity index (χ4n) is 3.26. The van der Waals surface area contributed by atoms with Crippen molar-refractivity contribution in [1.82, 2.24) is 0 Å². The predicted molar refractivity (Wildman–Crippen MR) is 89.9 cm³/mol. The molecule has 0 heterocycles. The van der Waals surface area contributed by atoms with E-state index in [1.54, 1.807) is 12.1 Å². The zero-order valence-electron chi connectivity index (χ0n) is 12.0. The van der Waals surface area contributed by atoms with Crippen LogP contribution in [-0.2, 0) is 6.42 Å². The van der Waals surface area contributed by atoms with Gasteiger partial charge in [-0.25, -0.2) is 0 Å². The second kappa shape index (κ2) is 5.13. The molecule has 0 fully saturated rings. The fourth-order valence-corrected chi connectivity index (χ4v) is 3.26. The Hall–Kier alpha value is -2.36. The largest absolute Gasteiger partial charge is 0.488 e. The molecule has 106 valence electrons. The summed E-state index contributed by atoms with van der Waals surface area (Å²) in [7, 11) is -1.42. The van der Waals surface area contributed by atoms with Crippen LogP contribution in [0.15, 0.2) is 66.7 Å². The maximum Gasteiger partial charge on any atom is 0.488 e. The number of fused-ring (bicyclic) bond motifs is 3. The molecule has 4 rings (SSSR count). The lowest BCUT2D eigenvalue weighted by atomic mass is 9.79. The summed E-state index contributed by atoms with van der Waals surface area (Å²) >= 11 is 0. The summed E-state index contributed by atoms with van der Waals surface area (Å²) in [6, 6.07) is 22.4. The van der Waals surface area contributed by atoms with E-state index in [-0.39, 0.29) is 0 Å². The minimum Gasteiger partial charge on any atom is -0.423 e. The first-order valence-electron chi connectivity index (χ1n) is 7.40. The first-order chi connectivity index (χ1) is 10.7. The molecule has 2 N–H and O–H groups in total. The molecule has 0 spiro atoms. The van der Waals surface area contributed by atoms with Crippen LogP contribution >= 0.6 is 0 Å². The van der Waals surface area contributed by atoms with Crippen LogP contribution in [0.1, 0.15) is 11.1 Å². The fraction of sp³-hybridized carbons (Fsp3) is 0.0526. The van der Waals surface area contributed by atoms with Crippen molar-refractivity contribution in [2.45, 2.75) is 6.42 Å². The molecule has 1 aliphatic carbocycles. The van der Waals surface area contributed by atoms with Gasteiger partial charge in [0.15, 0.2) is 0 Å². The third-order valence-corrected chi connectivity index (χ3v) is 4.37. The van der Waals surface area contributed by atoms with Crippen molar-refractivity contribution < 1.29 is 10.0 Å². The second-order valence-electron chi connectivity index (χ2n) is 5.66. The molecular formula is C19H15BO2. The van der Waals surface area contributed by atoms with Gasteiger partial charge in [-0.15, -0.1) is 0 Å². The molecule has 0 saturated heterocycles. The topological polar surface area (TPSA) is 40.5 Å². The van der Waals surface area contributed by atoms with Crippen molar-refractivity contribution in [2.75, 3.05) is 0 Å². The van der Waals surface area contributed by atoms with Gasteiger partial charge in [0.1, 0.15) is 0 Å². The molecule has 0 saturated carbocycles. The van der Waals surface area contributed by atoms with Gasteiger partial charge in [0.05, 0.1) is 0 Å². The van der Waals surface area contributed by atoms with E-state index >= 15 is 0 Å². The average Bonchev–Trinajstić information content (AvgIpc) is 2.93. The zero-order valence-corrected chi connectivity index (χ0v) is 12.0. The quantitative estimate of drug-likeness (QED) is 0.556. The normalized spacial score (nSPS) is 11.9. The molecule has 2 nitrogen and oxygen atoms in total. The summed E-state index contributed by atoms with van der Waals surface area (Å²) in [6.45, 7) is 0. The monoisotopic (exact) mass is 286 g/mol. The molecule has 0 aliphatic heterocycles. The highest BCUT2D eigenvalue weighted by Gasteiger charge is 2.21. The number of benzene rings is 3. The highest BCUT2D eigenvalue weighted by molar-refractivity contribution is 6.58. The SMILES string of the molecule is OB(O)c1ccc(-c2cccc3c2Cc2ccccc2-3)cc1. The molecular weight excluding hydrogens is 271 g/mol. The maximum atomic E-state index is 9.21. The van der Waals surface area contributed by atoms with Crippen molar-refractivity contribution in [3.05, 3.63) is 77.9 Å². The highest BCUT2D eigenvalue weighted by atomic mass is 16.4. The van der Waals surface area contributed by atoms with Crippen LogP contribution in [0.2, 0.25) is 0 Å². The Labute approximate surface area is 129 Å². The van der Waals surface area contributed by atoms with Gasteiger partial charge in [0.25, 0.3) is 0 Å². The van der Waals surface area contributed by atoms with Gasteiger partial charge < -0.3 is 10.0 Å². The van der Waals surface area contributed by atoms with E-state index < -0.39 is 7.12 Å². The minimum absolute atomic E-state index is 0.514. The summed E-state index contributed by atoms with van der Waals surface area (Å²) < 4.78 is 0. The van der Waals surface area contributed by atoms with E-state index in [1.165, 1.54) is 27.8 Å². The molecule has 0 atom stereocenters. The van der Waals surface area contributed by atoms with Gasteiger partial charge >= 0.3 is 7.12 Å². The van der Waals surface area contributed by atoms with Crippen LogP contribution in [0.5, 0.6) is 0 Å². The molecule has 1 aliphatic rings. The van der Waals surface area contributed by atoms with Crippen molar-refractivity contribution in [1.29, 1.82) is 0 Å². The molecule has 0 aromatic heterocycles. The van der Waals surface area contributed by atoms with E-state index in [4.69, 9.17) is 0 Å². The smallest absolute Gasteiger partial charge is 0.423 e. The lowest BCUT2D eigenvalue weighted by Crippen LogP contribution is -2.29. The molecule has 0 unspecified atom stereocenters. The van der Waals surface area contributed by atoms with Crippen molar-refractivity contribution >= 4 is 12.6 Å². The Balaban J connectivity index is 1.82. The Morgan fingerprint density at radius 3 is 2.14 bits per heavy atom. The Morgan fingerprint density at radius 1 is 0.682 bits per heavy atom. The van der Waals surface area contributed by atoms with Crippen molar-refractivity contribution in [3.8, 4) is 22.3 Å². The van der Waals surface area contributed by atoms with Crippen LogP contribution in [-0.4, -0.2) is 17.2 Å². The third kappa shape index (κ3) is 2.07. The van der Waals surface area contributed by atoms with Crippen LogP contribution in [0.25, 0.3) is 22.3 Å². The van der Waals surface area contributed by atoms with Crippen molar-refractivity contribution in [2.24, 2.45) is 0 Å². The Kier molecular flexibility index (Phi) is 3.10. The van der Waals surface area contributed by atoms with E-state index in [1.807, 2.05) is 12.1 Å². The van der Waals surface area contributed by atoms with Gasteiger partial charge in [-0.2, -0.15) is 0 Å². The van der Waals surface area contributed by atoms with Gasteiger partial charge in [-0.3, -0.25) is 0 Å². The first-order valence-corrected chi connectivity index (χ1v) is 7.40. The average molecular weight is 286 g/mol. The predicted octanol–water partition coefficient (Wildman–Crippen LogP) is 2.60.